The summed E-state index contributed by atoms with van der Waals surface area (Å²) in [5.74, 6) is -0.841. The molecule has 0 saturated carbocycles. The molecule has 0 bridgehead atoms. The van der Waals surface area contributed by atoms with E-state index < -0.39 is 11.9 Å². The number of benzene rings is 1. The highest BCUT2D eigenvalue weighted by Crippen LogP contribution is 2.29. The Morgan fingerprint density at radius 2 is 1.93 bits per heavy atom. The van der Waals surface area contributed by atoms with Gasteiger partial charge in [-0.2, -0.15) is 0 Å². The Labute approximate surface area is 172 Å². The zero-order valence-electron chi connectivity index (χ0n) is 16.4. The normalized spacial score (nSPS) is 14.2. The fraction of sp³-hybridized carbons (Fsp3) is 0.227. The Bertz CT molecular complexity index is 1030. The van der Waals surface area contributed by atoms with E-state index in [2.05, 4.69) is 15.0 Å². The van der Waals surface area contributed by atoms with Crippen LogP contribution < -0.4 is 0 Å². The van der Waals surface area contributed by atoms with Gasteiger partial charge >= 0.3 is 0 Å². The predicted octanol–water partition coefficient (Wildman–Crippen LogP) is 3.74. The average Bonchev–Trinajstić information content (AvgIpc) is 3.16. The molecule has 3 aromatic rings. The molecule has 0 saturated heterocycles. The largest absolute Gasteiger partial charge is 0.509 e. The molecule has 2 heterocycles. The fourth-order valence-electron chi connectivity index (χ4n) is 3.19. The highest BCUT2D eigenvalue weighted by atomic mass is 19.1. The number of hydrogen-bond donors (Lipinski definition) is 2. The van der Waals surface area contributed by atoms with E-state index in [1.54, 1.807) is 35.3 Å². The van der Waals surface area contributed by atoms with Crippen molar-refractivity contribution in [2.45, 2.75) is 25.0 Å². The van der Waals surface area contributed by atoms with Crippen molar-refractivity contribution in [1.29, 1.82) is 0 Å². The molecule has 3 rings (SSSR count). The third-order valence-electron chi connectivity index (χ3n) is 4.68. The second kappa shape index (κ2) is 9.89. The van der Waals surface area contributed by atoms with Crippen molar-refractivity contribution >= 4 is 12.3 Å². The summed E-state index contributed by atoms with van der Waals surface area (Å²) in [5, 5.41) is 19.8. The van der Waals surface area contributed by atoms with Crippen molar-refractivity contribution in [3.63, 3.8) is 0 Å². The molecular formula is C22H22F2N4O2. The van der Waals surface area contributed by atoms with Crippen molar-refractivity contribution in [1.82, 2.24) is 14.5 Å². The van der Waals surface area contributed by atoms with E-state index in [1.165, 1.54) is 37.5 Å². The molecule has 6 nitrogen and oxygen atoms in total. The van der Waals surface area contributed by atoms with Gasteiger partial charge in [-0.1, -0.05) is 12.1 Å². The van der Waals surface area contributed by atoms with Gasteiger partial charge in [0.1, 0.15) is 29.3 Å². The molecule has 0 aliphatic carbocycles. The van der Waals surface area contributed by atoms with Crippen molar-refractivity contribution in [2.75, 3.05) is 7.05 Å². The van der Waals surface area contributed by atoms with Crippen LogP contribution in [0.5, 0.6) is 0 Å². The zero-order chi connectivity index (χ0) is 21.5. The molecule has 1 aromatic carbocycles. The second-order valence-corrected chi connectivity index (χ2v) is 6.73. The van der Waals surface area contributed by atoms with E-state index in [0.717, 1.165) is 11.8 Å². The number of nitrogens with zero attached hydrogens (tertiary/aromatic N) is 4. The van der Waals surface area contributed by atoms with Gasteiger partial charge in [0.25, 0.3) is 0 Å². The first kappa shape index (κ1) is 21.3. The molecule has 0 spiro atoms. The van der Waals surface area contributed by atoms with Crippen molar-refractivity contribution in [3.8, 4) is 0 Å². The highest BCUT2D eigenvalue weighted by molar-refractivity contribution is 5.68. The zero-order valence-corrected chi connectivity index (χ0v) is 16.4. The maximum atomic E-state index is 13.8. The number of pyridine rings is 1. The average molecular weight is 412 g/mol. The van der Waals surface area contributed by atoms with Gasteiger partial charge < -0.3 is 14.8 Å². The minimum absolute atomic E-state index is 0.223. The smallest absolute Gasteiger partial charge is 0.145 e. The van der Waals surface area contributed by atoms with Crippen LogP contribution in [0, 0.1) is 11.6 Å². The van der Waals surface area contributed by atoms with E-state index >= 15 is 0 Å². The number of aliphatic hydroxyl groups excluding tert-OH is 2. The lowest BCUT2D eigenvalue weighted by Crippen LogP contribution is -2.12. The van der Waals surface area contributed by atoms with Crippen LogP contribution in [0.1, 0.15) is 29.3 Å². The molecule has 156 valence electrons. The summed E-state index contributed by atoms with van der Waals surface area (Å²) >= 11 is 0. The Morgan fingerprint density at radius 3 is 2.63 bits per heavy atom. The summed E-state index contributed by atoms with van der Waals surface area (Å²) in [6.07, 6.45) is 7.96. The summed E-state index contributed by atoms with van der Waals surface area (Å²) in [6, 6.07) is 7.50. The number of aliphatic imine (C=N–C) groups is 1. The van der Waals surface area contributed by atoms with Crippen molar-refractivity contribution < 1.29 is 19.0 Å². The Kier molecular flexibility index (Phi) is 7.03. The molecule has 1 unspecified atom stereocenters. The Hall–Kier alpha value is -3.39. The lowest BCUT2D eigenvalue weighted by Gasteiger charge is -2.19. The first-order chi connectivity index (χ1) is 14.5. The summed E-state index contributed by atoms with van der Waals surface area (Å²) in [4.78, 5) is 11.8. The number of aromatic nitrogens is 3. The van der Waals surface area contributed by atoms with Gasteiger partial charge in [-0.15, -0.1) is 0 Å². The standard InChI is InChI=1S/C22H22F2N4O2/c1-25-14-21(30)20(29)11-22-27-7-9-28(22)8-6-19(15-2-4-17(23)5-3-15)16-10-18(24)13-26-12-16/h2-5,7,9-14,19,21,29-30H,6,8H2,1H3/b20-11-,25-14-/t19-,21?/m1/s1. The van der Waals surface area contributed by atoms with E-state index in [1.807, 2.05) is 0 Å². The molecule has 2 atom stereocenters. The van der Waals surface area contributed by atoms with E-state index in [-0.39, 0.29) is 17.5 Å². The summed E-state index contributed by atoms with van der Waals surface area (Å²) in [7, 11) is 1.49. The van der Waals surface area contributed by atoms with Gasteiger partial charge in [0, 0.05) is 50.4 Å². The van der Waals surface area contributed by atoms with Gasteiger partial charge in [0.2, 0.25) is 0 Å². The van der Waals surface area contributed by atoms with E-state index in [0.29, 0.717) is 24.4 Å². The number of rotatable bonds is 8. The lowest BCUT2D eigenvalue weighted by atomic mass is 9.89. The van der Waals surface area contributed by atoms with Crippen LogP contribution in [-0.4, -0.2) is 44.1 Å². The highest BCUT2D eigenvalue weighted by Gasteiger charge is 2.17. The third kappa shape index (κ3) is 5.36. The van der Waals surface area contributed by atoms with Crippen molar-refractivity contribution in [2.24, 2.45) is 4.99 Å². The predicted molar refractivity (Wildman–Crippen MR) is 110 cm³/mol. The Morgan fingerprint density at radius 1 is 1.17 bits per heavy atom. The second-order valence-electron chi connectivity index (χ2n) is 6.73. The van der Waals surface area contributed by atoms with Crippen LogP contribution >= 0.6 is 0 Å². The molecule has 0 aliphatic heterocycles. The van der Waals surface area contributed by atoms with Crippen LogP contribution in [0.25, 0.3) is 6.08 Å². The number of hydrogen-bond acceptors (Lipinski definition) is 5. The fourth-order valence-corrected chi connectivity index (χ4v) is 3.19. The van der Waals surface area contributed by atoms with Gasteiger partial charge in [-0.05, 0) is 35.7 Å². The van der Waals surface area contributed by atoms with Crippen LogP contribution in [-0.2, 0) is 6.54 Å². The third-order valence-corrected chi connectivity index (χ3v) is 4.68. The van der Waals surface area contributed by atoms with Gasteiger partial charge in [0.05, 0.1) is 6.20 Å². The molecule has 8 heteroatoms. The monoisotopic (exact) mass is 412 g/mol. The summed E-state index contributed by atoms with van der Waals surface area (Å²) < 4.78 is 28.9. The first-order valence-corrected chi connectivity index (χ1v) is 9.36. The summed E-state index contributed by atoms with van der Waals surface area (Å²) in [5.41, 5.74) is 1.51. The number of imidazole rings is 1. The topological polar surface area (TPSA) is 83.5 Å². The Balaban J connectivity index is 1.84. The van der Waals surface area contributed by atoms with E-state index in [9.17, 15) is 19.0 Å². The van der Waals surface area contributed by atoms with Crippen LogP contribution in [0.2, 0.25) is 0 Å². The van der Waals surface area contributed by atoms with Crippen LogP contribution in [0.3, 0.4) is 0 Å². The molecule has 0 fully saturated rings. The van der Waals surface area contributed by atoms with Gasteiger partial charge in [-0.3, -0.25) is 9.98 Å². The number of aliphatic hydroxyl groups is 2. The quantitative estimate of drug-likeness (QED) is 0.436. The maximum Gasteiger partial charge on any atom is 0.145 e. The molecule has 0 amide bonds. The molecule has 30 heavy (non-hydrogen) atoms. The van der Waals surface area contributed by atoms with Gasteiger partial charge in [0.15, 0.2) is 0 Å². The van der Waals surface area contributed by atoms with E-state index in [4.69, 9.17) is 0 Å². The van der Waals surface area contributed by atoms with Crippen LogP contribution in [0.4, 0.5) is 8.78 Å². The van der Waals surface area contributed by atoms with Crippen molar-refractivity contribution in [3.05, 3.63) is 89.5 Å². The summed E-state index contributed by atoms with van der Waals surface area (Å²) in [6.45, 7) is 0.482. The SMILES string of the molecule is C/N=C\C(O)/C(O)=C/c1nccn1CC[C@H](c1ccc(F)cc1)c1cncc(F)c1. The molecule has 2 aromatic heterocycles. The number of halogens is 2. The molecule has 2 N–H and O–H groups in total. The van der Waals surface area contributed by atoms with Crippen LogP contribution in [0.15, 0.2) is 65.9 Å². The van der Waals surface area contributed by atoms with Gasteiger partial charge in [-0.25, -0.2) is 13.8 Å². The first-order valence-electron chi connectivity index (χ1n) is 9.36. The maximum absolute atomic E-state index is 13.8. The molecule has 0 aliphatic rings. The molecular weight excluding hydrogens is 390 g/mol. The molecule has 0 radical (unpaired) electrons. The lowest BCUT2D eigenvalue weighted by molar-refractivity contribution is 0.214. The minimum atomic E-state index is -1.22. The number of aryl methyl sites for hydroxylation is 1. The minimum Gasteiger partial charge on any atom is -0.509 e.